The Hall–Kier alpha value is -5.40. The van der Waals surface area contributed by atoms with Crippen LogP contribution in [0.1, 0.15) is 97.8 Å². The summed E-state index contributed by atoms with van der Waals surface area (Å²) in [5.41, 5.74) is 0.326. The second-order valence-corrected chi connectivity index (χ2v) is 11.0. The Morgan fingerprint density at radius 2 is 0.792 bits per heavy atom. The van der Waals surface area contributed by atoms with Gasteiger partial charge in [-0.1, -0.05) is 62.8 Å². The first kappa shape index (κ1) is 38.8. The molecule has 0 aliphatic carbocycles. The standard InChI is InChI=1S/C34H42N4O10/c39-27(17-19-29(41)42)37-25-15-9-7-13-23(25)31(45)33(47)35-21-11-5-3-1-2-4-6-12-22-36-34(48)32(46)24-14-8-10-16-26(24)38-28(40)18-20-30(43)44/h7-10,13-16H,1-6,11-12,17-22H2,(H,35,47)(H,36,48)(H,37,39)(H,38,40)(H,41,42)(H,43,44). The van der Waals surface area contributed by atoms with Crippen LogP contribution in [0.5, 0.6) is 0 Å². The largest absolute Gasteiger partial charge is 0.481 e. The molecule has 0 unspecified atom stereocenters. The van der Waals surface area contributed by atoms with E-state index in [2.05, 4.69) is 21.3 Å². The van der Waals surface area contributed by atoms with Gasteiger partial charge in [-0.15, -0.1) is 0 Å². The molecule has 0 aliphatic rings. The van der Waals surface area contributed by atoms with E-state index in [0.717, 1.165) is 38.5 Å². The van der Waals surface area contributed by atoms with E-state index in [1.807, 2.05) is 0 Å². The van der Waals surface area contributed by atoms with E-state index in [1.165, 1.54) is 24.3 Å². The lowest BCUT2D eigenvalue weighted by atomic mass is 10.1. The molecule has 48 heavy (non-hydrogen) atoms. The van der Waals surface area contributed by atoms with E-state index in [4.69, 9.17) is 10.2 Å². The molecule has 0 radical (unpaired) electrons. The minimum Gasteiger partial charge on any atom is -0.481 e. The second-order valence-electron chi connectivity index (χ2n) is 11.0. The molecule has 0 spiro atoms. The van der Waals surface area contributed by atoms with E-state index in [-0.39, 0.29) is 48.2 Å². The topological polar surface area (TPSA) is 225 Å². The molecule has 0 bridgehead atoms. The third-order valence-corrected chi connectivity index (χ3v) is 7.11. The molecule has 0 heterocycles. The molecule has 0 saturated carbocycles. The number of hydrogen-bond donors (Lipinski definition) is 6. The maximum atomic E-state index is 12.6. The summed E-state index contributed by atoms with van der Waals surface area (Å²) in [4.78, 5) is 95.3. The van der Waals surface area contributed by atoms with Crippen LogP contribution in [0.25, 0.3) is 0 Å². The van der Waals surface area contributed by atoms with E-state index in [1.54, 1.807) is 24.3 Å². The van der Waals surface area contributed by atoms with Crippen LogP contribution < -0.4 is 21.3 Å². The van der Waals surface area contributed by atoms with Crippen LogP contribution in [0.2, 0.25) is 0 Å². The number of unbranched alkanes of at least 4 members (excludes halogenated alkanes) is 7. The van der Waals surface area contributed by atoms with Gasteiger partial charge >= 0.3 is 11.9 Å². The van der Waals surface area contributed by atoms with Crippen molar-refractivity contribution in [3.05, 3.63) is 59.7 Å². The highest BCUT2D eigenvalue weighted by Gasteiger charge is 2.21. The van der Waals surface area contributed by atoms with Crippen molar-refractivity contribution in [2.75, 3.05) is 23.7 Å². The lowest BCUT2D eigenvalue weighted by Crippen LogP contribution is -2.32. The highest BCUT2D eigenvalue weighted by atomic mass is 16.4. The number of benzene rings is 2. The summed E-state index contributed by atoms with van der Waals surface area (Å²) >= 11 is 0. The number of amides is 4. The number of carboxylic acid groups (broad SMARTS) is 2. The Morgan fingerprint density at radius 3 is 1.15 bits per heavy atom. The van der Waals surface area contributed by atoms with Crippen LogP contribution >= 0.6 is 0 Å². The third kappa shape index (κ3) is 14.8. The molecule has 2 aromatic rings. The molecular formula is C34H42N4O10. The van der Waals surface area contributed by atoms with Crippen molar-refractivity contribution in [1.29, 1.82) is 0 Å². The summed E-state index contributed by atoms with van der Waals surface area (Å²) in [5.74, 6) is -6.56. The molecule has 0 fully saturated rings. The minimum atomic E-state index is -1.12. The Kier molecular flexibility index (Phi) is 17.3. The van der Waals surface area contributed by atoms with Gasteiger partial charge in [0.15, 0.2) is 0 Å². The van der Waals surface area contributed by atoms with Crippen LogP contribution in [0.3, 0.4) is 0 Å². The van der Waals surface area contributed by atoms with Gasteiger partial charge in [0.2, 0.25) is 11.8 Å². The zero-order chi connectivity index (χ0) is 35.3. The molecule has 0 aromatic heterocycles. The molecule has 14 nitrogen and oxygen atoms in total. The summed E-state index contributed by atoms with van der Waals surface area (Å²) in [6, 6.07) is 12.1. The number of ketones is 2. The monoisotopic (exact) mass is 666 g/mol. The van der Waals surface area contributed by atoms with Crippen molar-refractivity contribution in [2.45, 2.75) is 77.0 Å². The first-order valence-corrected chi connectivity index (χ1v) is 15.9. The molecule has 2 aromatic carbocycles. The van der Waals surface area contributed by atoms with Gasteiger partial charge in [0.25, 0.3) is 23.4 Å². The first-order chi connectivity index (χ1) is 23.0. The van der Waals surface area contributed by atoms with Crippen LogP contribution in [-0.2, 0) is 28.8 Å². The van der Waals surface area contributed by atoms with Gasteiger partial charge in [0.05, 0.1) is 35.3 Å². The maximum Gasteiger partial charge on any atom is 0.303 e. The lowest BCUT2D eigenvalue weighted by molar-refractivity contribution is -0.138. The maximum absolute atomic E-state index is 12.6. The molecule has 6 N–H and O–H groups in total. The Bertz CT molecular complexity index is 1360. The van der Waals surface area contributed by atoms with Gasteiger partial charge in [-0.2, -0.15) is 0 Å². The van der Waals surface area contributed by atoms with E-state index >= 15 is 0 Å². The number of aliphatic carboxylic acids is 2. The molecule has 258 valence electrons. The van der Waals surface area contributed by atoms with Crippen molar-refractivity contribution in [3.63, 3.8) is 0 Å². The highest BCUT2D eigenvalue weighted by molar-refractivity contribution is 6.44. The minimum absolute atomic E-state index is 0.0203. The Morgan fingerprint density at radius 1 is 0.458 bits per heavy atom. The number of nitrogens with one attached hydrogen (secondary N) is 4. The average Bonchev–Trinajstić information content (AvgIpc) is 3.06. The van der Waals surface area contributed by atoms with Gasteiger partial charge in [0, 0.05) is 25.9 Å². The summed E-state index contributed by atoms with van der Waals surface area (Å²) in [6.07, 6.45) is 5.67. The van der Waals surface area contributed by atoms with Gasteiger partial charge in [0.1, 0.15) is 0 Å². The number of para-hydroxylation sites is 2. The van der Waals surface area contributed by atoms with Crippen LogP contribution in [0.15, 0.2) is 48.5 Å². The van der Waals surface area contributed by atoms with E-state index < -0.39 is 47.1 Å². The molecule has 2 rings (SSSR count). The number of Topliss-reactive ketones (excluding diaryl/α,β-unsaturated/α-hetero) is 2. The van der Waals surface area contributed by atoms with Crippen LogP contribution in [0.4, 0.5) is 11.4 Å². The number of rotatable bonds is 23. The quantitative estimate of drug-likeness (QED) is 0.0573. The van der Waals surface area contributed by atoms with Crippen molar-refractivity contribution < 1.29 is 48.6 Å². The Labute approximate surface area is 278 Å². The second kappa shape index (κ2) is 21.4. The molecule has 4 amide bonds. The fourth-order valence-electron chi connectivity index (χ4n) is 4.57. The fraction of sp³-hybridized carbons (Fsp3) is 0.412. The smallest absolute Gasteiger partial charge is 0.303 e. The molecule has 0 atom stereocenters. The molecular weight excluding hydrogens is 624 g/mol. The Balaban J connectivity index is 1.57. The average molecular weight is 667 g/mol. The third-order valence-electron chi connectivity index (χ3n) is 7.11. The van der Waals surface area contributed by atoms with E-state index in [0.29, 0.717) is 25.9 Å². The van der Waals surface area contributed by atoms with Gasteiger partial charge < -0.3 is 31.5 Å². The zero-order valence-electron chi connectivity index (χ0n) is 26.7. The van der Waals surface area contributed by atoms with Crippen LogP contribution in [-0.4, -0.2) is 70.4 Å². The summed E-state index contributed by atoms with van der Waals surface area (Å²) < 4.78 is 0. The zero-order valence-corrected chi connectivity index (χ0v) is 26.7. The number of carbonyl (C=O) groups excluding carboxylic acids is 6. The number of carboxylic acids is 2. The first-order valence-electron chi connectivity index (χ1n) is 15.9. The normalized spacial score (nSPS) is 10.4. The van der Waals surface area contributed by atoms with E-state index in [9.17, 15) is 38.4 Å². The number of hydrogen-bond acceptors (Lipinski definition) is 8. The molecule has 0 aliphatic heterocycles. The highest BCUT2D eigenvalue weighted by Crippen LogP contribution is 2.18. The summed E-state index contributed by atoms with van der Waals surface area (Å²) in [7, 11) is 0. The predicted octanol–water partition coefficient (Wildman–Crippen LogP) is 3.71. The van der Waals surface area contributed by atoms with Gasteiger partial charge in [-0.25, -0.2) is 0 Å². The van der Waals surface area contributed by atoms with Gasteiger partial charge in [-0.05, 0) is 37.1 Å². The summed E-state index contributed by atoms with van der Waals surface area (Å²) in [6.45, 7) is 0.634. The number of carbonyl (C=O) groups is 8. The molecule has 0 saturated heterocycles. The SMILES string of the molecule is O=C(O)CCC(=O)Nc1ccccc1C(=O)C(=O)NCCCCCCCCCCNC(=O)C(=O)c1ccccc1NC(=O)CCC(=O)O. The van der Waals surface area contributed by atoms with Crippen LogP contribution in [0, 0.1) is 0 Å². The lowest BCUT2D eigenvalue weighted by Gasteiger charge is -2.10. The summed E-state index contributed by atoms with van der Waals surface area (Å²) in [5, 5.41) is 27.6. The fourth-order valence-corrected chi connectivity index (χ4v) is 4.57. The van der Waals surface area contributed by atoms with Crippen molar-refractivity contribution >= 4 is 58.5 Å². The number of anilines is 2. The van der Waals surface area contributed by atoms with Crippen molar-refractivity contribution in [2.24, 2.45) is 0 Å². The predicted molar refractivity (Wildman–Crippen MR) is 175 cm³/mol. The van der Waals surface area contributed by atoms with Gasteiger partial charge in [-0.3, -0.25) is 38.4 Å². The van der Waals surface area contributed by atoms with Crippen molar-refractivity contribution in [3.8, 4) is 0 Å². The molecule has 14 heteroatoms. The van der Waals surface area contributed by atoms with Crippen molar-refractivity contribution in [1.82, 2.24) is 10.6 Å².